The Bertz CT molecular complexity index is 530. The van der Waals surface area contributed by atoms with E-state index in [1.165, 1.54) is 19.3 Å². The number of ether oxygens (including phenoxy) is 4. The number of nitrogens with zero attached hydrogens (tertiary/aromatic N) is 1. The summed E-state index contributed by atoms with van der Waals surface area (Å²) in [5.41, 5.74) is 0. The highest BCUT2D eigenvalue weighted by Crippen LogP contribution is 2.37. The van der Waals surface area contributed by atoms with Crippen LogP contribution in [0.25, 0.3) is 0 Å². The van der Waals surface area contributed by atoms with Crippen LogP contribution < -0.4 is 0 Å². The predicted molar refractivity (Wildman–Crippen MR) is 119 cm³/mol. The topological polar surface area (TPSA) is 77.5 Å². The maximum Gasteiger partial charge on any atom is 0.288 e. The first kappa shape index (κ1) is 26.1. The number of aliphatic hydroxyl groups is 1. The van der Waals surface area contributed by atoms with Gasteiger partial charge in [0.1, 0.15) is 0 Å². The molecule has 0 spiro atoms. The molecule has 31 heavy (non-hydrogen) atoms. The lowest BCUT2D eigenvalue weighted by molar-refractivity contribution is -0.180. The maximum absolute atomic E-state index is 13.2. The van der Waals surface area contributed by atoms with E-state index in [1.54, 1.807) is 0 Å². The minimum Gasteiger partial charge on any atom is -0.459 e. The van der Waals surface area contributed by atoms with E-state index in [9.17, 15) is 4.79 Å². The maximum atomic E-state index is 13.2. The number of carbonyl (C=O) groups is 1. The Morgan fingerprint density at radius 2 is 1.74 bits per heavy atom. The highest BCUT2D eigenvalue weighted by molar-refractivity contribution is 5.91. The molecule has 0 aromatic carbocycles. The third kappa shape index (κ3) is 8.72. The molecule has 0 aliphatic carbocycles. The van der Waals surface area contributed by atoms with Gasteiger partial charge in [-0.2, -0.15) is 0 Å². The predicted octanol–water partition coefficient (Wildman–Crippen LogP) is 3.36. The van der Waals surface area contributed by atoms with E-state index in [0.29, 0.717) is 44.7 Å². The van der Waals surface area contributed by atoms with Crippen LogP contribution in [0.3, 0.4) is 0 Å². The molecule has 2 aliphatic heterocycles. The van der Waals surface area contributed by atoms with E-state index in [4.69, 9.17) is 24.1 Å². The molecule has 7 nitrogen and oxygen atoms in total. The molecule has 2 aliphatic rings. The molecular formula is C24H43NO6. The number of hydrogen-bond acceptors (Lipinski definition) is 6. The average molecular weight is 442 g/mol. The first-order chi connectivity index (χ1) is 15.1. The summed E-state index contributed by atoms with van der Waals surface area (Å²) >= 11 is 0. The van der Waals surface area contributed by atoms with Gasteiger partial charge >= 0.3 is 0 Å². The number of rotatable bonds is 12. The first-order valence-electron chi connectivity index (χ1n) is 12.1. The van der Waals surface area contributed by atoms with Crippen LogP contribution in [0.15, 0.2) is 11.8 Å². The van der Waals surface area contributed by atoms with E-state index in [1.807, 2.05) is 17.9 Å². The molecule has 2 heterocycles. The smallest absolute Gasteiger partial charge is 0.288 e. The zero-order valence-electron chi connectivity index (χ0n) is 19.7. The molecule has 0 radical (unpaired) electrons. The number of hydrogen-bond donors (Lipinski definition) is 1. The molecule has 0 aromatic rings. The van der Waals surface area contributed by atoms with Crippen LogP contribution in [0.4, 0.5) is 0 Å². The fraction of sp³-hybridized carbons (Fsp3) is 0.875. The van der Waals surface area contributed by atoms with Crippen LogP contribution in [-0.2, 0) is 23.7 Å². The van der Waals surface area contributed by atoms with E-state index >= 15 is 0 Å². The van der Waals surface area contributed by atoms with Crippen LogP contribution in [0.1, 0.15) is 59.3 Å². The van der Waals surface area contributed by atoms with Crippen molar-refractivity contribution in [2.45, 2.75) is 65.6 Å². The monoisotopic (exact) mass is 441 g/mol. The summed E-state index contributed by atoms with van der Waals surface area (Å²) in [5, 5.41) is 8.74. The zero-order chi connectivity index (χ0) is 22.5. The van der Waals surface area contributed by atoms with Gasteiger partial charge in [-0.1, -0.05) is 33.1 Å². The lowest BCUT2D eigenvalue weighted by Gasteiger charge is -2.39. The Kier molecular flexibility index (Phi) is 12.5. The van der Waals surface area contributed by atoms with Crippen molar-refractivity contribution in [2.24, 2.45) is 17.8 Å². The lowest BCUT2D eigenvalue weighted by atomic mass is 9.79. The van der Waals surface area contributed by atoms with E-state index in [-0.39, 0.29) is 24.3 Å². The third-order valence-corrected chi connectivity index (χ3v) is 6.09. The van der Waals surface area contributed by atoms with Gasteiger partial charge in [-0.25, -0.2) is 0 Å². The van der Waals surface area contributed by atoms with Gasteiger partial charge in [0.2, 0.25) is 6.29 Å². The van der Waals surface area contributed by atoms with Crippen molar-refractivity contribution >= 4 is 5.91 Å². The van der Waals surface area contributed by atoms with Crippen LogP contribution in [-0.4, -0.2) is 74.9 Å². The van der Waals surface area contributed by atoms with Gasteiger partial charge in [0.05, 0.1) is 26.4 Å². The molecule has 0 saturated carbocycles. The van der Waals surface area contributed by atoms with E-state index < -0.39 is 6.29 Å². The third-order valence-electron chi connectivity index (χ3n) is 6.09. The molecule has 3 unspecified atom stereocenters. The Balaban J connectivity index is 2.01. The number of allylic oxidation sites excluding steroid dienone is 1. The molecule has 7 heteroatoms. The van der Waals surface area contributed by atoms with Gasteiger partial charge in [-0.15, -0.1) is 0 Å². The van der Waals surface area contributed by atoms with Crippen molar-refractivity contribution in [3.8, 4) is 0 Å². The van der Waals surface area contributed by atoms with Crippen molar-refractivity contribution < 1.29 is 28.8 Å². The fourth-order valence-corrected chi connectivity index (χ4v) is 4.40. The summed E-state index contributed by atoms with van der Waals surface area (Å²) in [6.07, 6.45) is 8.14. The Labute approximate surface area is 188 Å². The molecule has 0 aromatic heterocycles. The largest absolute Gasteiger partial charge is 0.459 e. The summed E-state index contributed by atoms with van der Waals surface area (Å²) in [7, 11) is 0. The standard InChI is InChI=1S/C24H43NO6/c1-4-30-24-20(10-14-28-16-17-29-15-13-26)21(19(2)3)18-22(31-24)23(27)25-11-8-6-5-7-9-12-25/h18-21,24,26H,4-17H2,1-3H3. The number of amides is 1. The molecule has 0 bridgehead atoms. The van der Waals surface area contributed by atoms with Gasteiger partial charge in [-0.05, 0) is 44.1 Å². The van der Waals surface area contributed by atoms with Gasteiger partial charge in [0, 0.05) is 32.2 Å². The van der Waals surface area contributed by atoms with Crippen LogP contribution in [0.5, 0.6) is 0 Å². The number of carbonyl (C=O) groups excluding carboxylic acids is 1. The van der Waals surface area contributed by atoms with E-state index in [2.05, 4.69) is 13.8 Å². The molecular weight excluding hydrogens is 398 g/mol. The van der Waals surface area contributed by atoms with Crippen LogP contribution in [0, 0.1) is 17.8 Å². The summed E-state index contributed by atoms with van der Waals surface area (Å²) in [6.45, 7) is 10.4. The lowest BCUT2D eigenvalue weighted by Crippen LogP contribution is -2.43. The van der Waals surface area contributed by atoms with Gasteiger partial charge < -0.3 is 29.0 Å². The molecule has 1 N–H and O–H groups in total. The van der Waals surface area contributed by atoms with Crippen molar-refractivity contribution in [1.29, 1.82) is 0 Å². The number of aliphatic hydroxyl groups excluding tert-OH is 1. The van der Waals surface area contributed by atoms with Crippen molar-refractivity contribution in [1.82, 2.24) is 4.90 Å². The minimum atomic E-state index is -0.439. The molecule has 1 fully saturated rings. The second-order valence-electron chi connectivity index (χ2n) is 8.75. The second kappa shape index (κ2) is 14.8. The Morgan fingerprint density at radius 1 is 1.10 bits per heavy atom. The normalized spacial score (nSPS) is 25.0. The minimum absolute atomic E-state index is 0.00739. The fourth-order valence-electron chi connectivity index (χ4n) is 4.40. The Morgan fingerprint density at radius 3 is 2.35 bits per heavy atom. The van der Waals surface area contributed by atoms with Crippen molar-refractivity contribution in [3.63, 3.8) is 0 Å². The molecule has 1 amide bonds. The second-order valence-corrected chi connectivity index (χ2v) is 8.75. The first-order valence-corrected chi connectivity index (χ1v) is 12.1. The van der Waals surface area contributed by atoms with Crippen LogP contribution in [0.2, 0.25) is 0 Å². The molecule has 1 saturated heterocycles. The molecule has 180 valence electrons. The highest BCUT2D eigenvalue weighted by atomic mass is 16.7. The zero-order valence-corrected chi connectivity index (χ0v) is 19.7. The number of likely N-dealkylation sites (tertiary alicyclic amines) is 1. The SMILES string of the molecule is CCOC1OC(C(=O)N2CCCCCCC2)=CC(C(C)C)C1CCOCCOCCO. The van der Waals surface area contributed by atoms with Crippen molar-refractivity contribution in [3.05, 3.63) is 11.8 Å². The summed E-state index contributed by atoms with van der Waals surface area (Å²) in [6, 6.07) is 0. The van der Waals surface area contributed by atoms with Crippen molar-refractivity contribution in [2.75, 3.05) is 52.7 Å². The highest BCUT2D eigenvalue weighted by Gasteiger charge is 2.39. The van der Waals surface area contributed by atoms with E-state index in [0.717, 1.165) is 32.4 Å². The summed E-state index contributed by atoms with van der Waals surface area (Å²) in [5.74, 6) is 1.13. The van der Waals surface area contributed by atoms with Gasteiger partial charge in [-0.3, -0.25) is 4.79 Å². The van der Waals surface area contributed by atoms with Gasteiger partial charge in [0.15, 0.2) is 5.76 Å². The molecule has 2 rings (SSSR count). The molecule has 3 atom stereocenters. The van der Waals surface area contributed by atoms with Crippen LogP contribution >= 0.6 is 0 Å². The quantitative estimate of drug-likeness (QED) is 0.468. The summed E-state index contributed by atoms with van der Waals surface area (Å²) in [4.78, 5) is 15.2. The summed E-state index contributed by atoms with van der Waals surface area (Å²) < 4.78 is 23.1. The Hall–Kier alpha value is -1.15. The average Bonchev–Trinajstić information content (AvgIpc) is 2.73. The van der Waals surface area contributed by atoms with Gasteiger partial charge in [0.25, 0.3) is 5.91 Å².